The lowest BCUT2D eigenvalue weighted by Gasteiger charge is -2.03. The number of benzene rings is 1. The predicted octanol–water partition coefficient (Wildman–Crippen LogP) is 1.80. The van der Waals surface area contributed by atoms with E-state index in [0.717, 1.165) is 0 Å². The fraction of sp³-hybridized carbons (Fsp3) is 0.150. The third-order valence-electron chi connectivity index (χ3n) is 4.39. The van der Waals surface area contributed by atoms with E-state index < -0.39 is 10.0 Å². The number of sulfonamides is 1. The normalized spacial score (nSPS) is 12.9. The quantitative estimate of drug-likeness (QED) is 0.638. The Hall–Kier alpha value is -3.10. The van der Waals surface area contributed by atoms with E-state index in [4.69, 9.17) is 5.73 Å². The van der Waals surface area contributed by atoms with E-state index in [1.807, 2.05) is 0 Å². The lowest BCUT2D eigenvalue weighted by atomic mass is 10.1. The summed E-state index contributed by atoms with van der Waals surface area (Å²) in [5.41, 5.74) is 7.82. The molecule has 0 amide bonds. The van der Waals surface area contributed by atoms with Crippen LogP contribution in [0.5, 0.6) is 0 Å². The molecule has 1 aromatic heterocycles. The highest BCUT2D eigenvalue weighted by atomic mass is 32.2. The minimum Gasteiger partial charge on any atom is -0.404 e. The zero-order valence-corrected chi connectivity index (χ0v) is 16.3. The lowest BCUT2D eigenvalue weighted by molar-refractivity contribution is 0.587. The predicted molar refractivity (Wildman–Crippen MR) is 114 cm³/mol. The summed E-state index contributed by atoms with van der Waals surface area (Å²) in [7, 11) is -0.452. The number of aromatic nitrogens is 1. The molecule has 0 unspecified atom stereocenters. The monoisotopic (exact) mass is 396 g/mol. The number of nitrogens with zero attached hydrogens (tertiary/aromatic N) is 2. The minimum absolute atomic E-state index is 0.202. The maximum Gasteiger partial charge on any atom is 0.215 e. The minimum atomic E-state index is -3.44. The number of nitrogens with one attached hydrogen (secondary N) is 1. The van der Waals surface area contributed by atoms with Crippen molar-refractivity contribution in [3.63, 3.8) is 0 Å². The molecule has 7 nitrogen and oxygen atoms in total. The van der Waals surface area contributed by atoms with Gasteiger partial charge in [0.2, 0.25) is 10.0 Å². The number of hydrogen-bond acceptors (Lipinski definition) is 6. The molecule has 0 bridgehead atoms. The SMILES string of the molecule is CN=CC(=CN)c1cnc2ccc3ccc(CS(=O)(=O)NC)cc3c(=O)c2c1. The molecular weight excluding hydrogens is 376 g/mol. The first-order valence-electron chi connectivity index (χ1n) is 8.50. The molecule has 0 saturated heterocycles. The Balaban J connectivity index is 2.28. The number of rotatable bonds is 5. The Morgan fingerprint density at radius 3 is 2.64 bits per heavy atom. The molecule has 3 rings (SSSR count). The summed E-state index contributed by atoms with van der Waals surface area (Å²) in [5, 5.41) is 1.56. The highest BCUT2D eigenvalue weighted by Crippen LogP contribution is 2.19. The summed E-state index contributed by atoms with van der Waals surface area (Å²) < 4.78 is 26.0. The second-order valence-corrected chi connectivity index (χ2v) is 8.14. The maximum atomic E-state index is 13.2. The van der Waals surface area contributed by atoms with Crippen LogP contribution in [0, 0.1) is 0 Å². The Bertz CT molecular complexity index is 1280. The Morgan fingerprint density at radius 1 is 1.21 bits per heavy atom. The topological polar surface area (TPSA) is 115 Å². The van der Waals surface area contributed by atoms with Crippen LogP contribution in [0.25, 0.3) is 27.2 Å². The number of pyridine rings is 1. The molecule has 0 aliphatic heterocycles. The zero-order valence-electron chi connectivity index (χ0n) is 15.5. The molecule has 28 heavy (non-hydrogen) atoms. The molecule has 2 aromatic carbocycles. The van der Waals surface area contributed by atoms with Crippen LogP contribution in [-0.4, -0.2) is 33.7 Å². The standard InChI is InChI=1S/C20H20N4O3S/c1-22-10-16(9-21)15-8-18-19(24-11-15)6-5-14-4-3-13(7-17(14)20(18)25)12-28(26,27)23-2/h3-11,23H,12,21H2,1-2H3. The molecule has 144 valence electrons. The molecule has 0 radical (unpaired) electrons. The number of hydrogen-bond donors (Lipinski definition) is 2. The Labute approximate surface area is 162 Å². The molecule has 0 atom stereocenters. The van der Waals surface area contributed by atoms with Crippen LogP contribution >= 0.6 is 0 Å². The summed E-state index contributed by atoms with van der Waals surface area (Å²) >= 11 is 0. The van der Waals surface area contributed by atoms with Gasteiger partial charge in [-0.25, -0.2) is 13.1 Å². The van der Waals surface area contributed by atoms with Crippen molar-refractivity contribution in [2.24, 2.45) is 10.7 Å². The van der Waals surface area contributed by atoms with Crippen LogP contribution in [0.15, 0.2) is 58.6 Å². The molecular formula is C20H20N4O3S. The van der Waals surface area contributed by atoms with Crippen molar-refractivity contribution < 1.29 is 8.42 Å². The first-order chi connectivity index (χ1) is 13.4. The summed E-state index contributed by atoms with van der Waals surface area (Å²) in [6, 6.07) is 10.4. The van der Waals surface area contributed by atoms with Crippen molar-refractivity contribution in [2.45, 2.75) is 5.75 Å². The number of nitrogens with two attached hydrogens (primary N) is 1. The molecule has 0 fully saturated rings. The van der Waals surface area contributed by atoms with E-state index in [1.165, 1.54) is 13.2 Å². The van der Waals surface area contributed by atoms with E-state index >= 15 is 0 Å². The van der Waals surface area contributed by atoms with Crippen LogP contribution in [0.1, 0.15) is 11.1 Å². The van der Waals surface area contributed by atoms with Crippen LogP contribution < -0.4 is 15.9 Å². The smallest absolute Gasteiger partial charge is 0.215 e. The maximum absolute atomic E-state index is 13.2. The zero-order chi connectivity index (χ0) is 20.3. The van der Waals surface area contributed by atoms with Crippen molar-refractivity contribution in [2.75, 3.05) is 14.1 Å². The van der Waals surface area contributed by atoms with Gasteiger partial charge in [0, 0.05) is 47.6 Å². The second kappa shape index (κ2) is 7.87. The second-order valence-electron chi connectivity index (χ2n) is 6.21. The van der Waals surface area contributed by atoms with Crippen molar-refractivity contribution >= 4 is 43.5 Å². The highest BCUT2D eigenvalue weighted by Gasteiger charge is 2.11. The third kappa shape index (κ3) is 3.92. The molecule has 0 aliphatic rings. The van der Waals surface area contributed by atoms with Gasteiger partial charge in [-0.1, -0.05) is 18.2 Å². The van der Waals surface area contributed by atoms with Gasteiger partial charge in [0.15, 0.2) is 5.43 Å². The van der Waals surface area contributed by atoms with E-state index in [9.17, 15) is 13.2 Å². The Morgan fingerprint density at radius 2 is 1.96 bits per heavy atom. The molecule has 0 aliphatic carbocycles. The van der Waals surface area contributed by atoms with Gasteiger partial charge in [0.1, 0.15) is 0 Å². The lowest BCUT2D eigenvalue weighted by Crippen LogP contribution is -2.20. The Kier molecular flexibility index (Phi) is 5.53. The largest absolute Gasteiger partial charge is 0.404 e. The van der Waals surface area contributed by atoms with Crippen molar-refractivity contribution in [3.8, 4) is 0 Å². The van der Waals surface area contributed by atoms with Crippen LogP contribution in [0.2, 0.25) is 0 Å². The van der Waals surface area contributed by atoms with E-state index in [-0.39, 0.29) is 11.2 Å². The number of fused-ring (bicyclic) bond motifs is 2. The van der Waals surface area contributed by atoms with Crippen LogP contribution in [0.3, 0.4) is 0 Å². The van der Waals surface area contributed by atoms with Crippen molar-refractivity contribution in [1.82, 2.24) is 9.71 Å². The molecule has 3 aromatic rings. The average molecular weight is 396 g/mol. The van der Waals surface area contributed by atoms with Crippen LogP contribution in [0.4, 0.5) is 0 Å². The van der Waals surface area contributed by atoms with Crippen molar-refractivity contribution in [1.29, 1.82) is 0 Å². The summed E-state index contributed by atoms with van der Waals surface area (Å²) in [4.78, 5) is 21.6. The van der Waals surface area contributed by atoms with Gasteiger partial charge >= 0.3 is 0 Å². The molecule has 0 spiro atoms. The molecule has 8 heteroatoms. The summed E-state index contributed by atoms with van der Waals surface area (Å²) in [5.74, 6) is -0.202. The summed E-state index contributed by atoms with van der Waals surface area (Å²) in [6.07, 6.45) is 4.63. The van der Waals surface area contributed by atoms with Gasteiger partial charge in [-0.3, -0.25) is 14.8 Å². The number of aliphatic imine (C=N–C) groups is 1. The van der Waals surface area contributed by atoms with Gasteiger partial charge in [0.25, 0.3) is 0 Å². The molecule has 3 N–H and O–H groups in total. The van der Waals surface area contributed by atoms with Crippen LogP contribution in [-0.2, 0) is 15.8 Å². The molecule has 0 saturated carbocycles. The third-order valence-corrected chi connectivity index (χ3v) is 5.73. The first kappa shape index (κ1) is 19.7. The van der Waals surface area contributed by atoms with Gasteiger partial charge < -0.3 is 5.73 Å². The summed E-state index contributed by atoms with van der Waals surface area (Å²) in [6.45, 7) is 0. The van der Waals surface area contributed by atoms with E-state index in [2.05, 4.69) is 14.7 Å². The van der Waals surface area contributed by atoms with E-state index in [1.54, 1.807) is 55.9 Å². The number of allylic oxidation sites excluding steroid dienone is 1. The van der Waals surface area contributed by atoms with E-state index in [0.29, 0.717) is 38.4 Å². The fourth-order valence-electron chi connectivity index (χ4n) is 2.94. The van der Waals surface area contributed by atoms with Crippen molar-refractivity contribution in [3.05, 3.63) is 70.1 Å². The van der Waals surface area contributed by atoms with Gasteiger partial charge in [-0.15, -0.1) is 0 Å². The molecule has 1 heterocycles. The highest BCUT2D eigenvalue weighted by molar-refractivity contribution is 7.88. The van der Waals surface area contributed by atoms with Gasteiger partial charge in [-0.2, -0.15) is 0 Å². The van der Waals surface area contributed by atoms with Gasteiger partial charge in [-0.05, 0) is 36.2 Å². The average Bonchev–Trinajstić information content (AvgIpc) is 2.82. The van der Waals surface area contributed by atoms with Gasteiger partial charge in [0.05, 0.1) is 11.3 Å². The first-order valence-corrected chi connectivity index (χ1v) is 10.1. The fourth-order valence-corrected chi connectivity index (χ4v) is 3.70.